The maximum Gasteiger partial charge on any atom is 0.318 e. The number of benzene rings is 1. The molecule has 0 bridgehead atoms. The zero-order chi connectivity index (χ0) is 14.4. The van der Waals surface area contributed by atoms with E-state index < -0.39 is 0 Å². The minimum atomic E-state index is 0.294. The smallest absolute Gasteiger partial charge is 0.318 e. The largest absolute Gasteiger partial charge is 0.407 e. The molecule has 108 valence electrons. The van der Waals surface area contributed by atoms with E-state index in [0.717, 1.165) is 13.1 Å². The molecular formula is C15H22N4O. The van der Waals surface area contributed by atoms with Crippen LogP contribution in [0.4, 0.5) is 6.01 Å². The van der Waals surface area contributed by atoms with Crippen molar-refractivity contribution in [1.82, 2.24) is 15.5 Å². The molecule has 20 heavy (non-hydrogen) atoms. The van der Waals surface area contributed by atoms with Gasteiger partial charge in [-0.15, -0.1) is 5.10 Å². The summed E-state index contributed by atoms with van der Waals surface area (Å²) in [4.78, 5) is 2.11. The number of aromatic nitrogens is 2. The highest BCUT2D eigenvalue weighted by atomic mass is 16.4. The molecule has 1 aromatic heterocycles. The van der Waals surface area contributed by atoms with Crippen LogP contribution in [-0.4, -0.2) is 22.8 Å². The Balaban J connectivity index is 2.10. The van der Waals surface area contributed by atoms with Gasteiger partial charge in [0.15, 0.2) is 0 Å². The first-order chi connectivity index (χ1) is 9.70. The van der Waals surface area contributed by atoms with Crippen LogP contribution in [-0.2, 0) is 13.1 Å². The summed E-state index contributed by atoms with van der Waals surface area (Å²) in [5, 5.41) is 11.4. The van der Waals surface area contributed by atoms with Crippen molar-refractivity contribution in [2.24, 2.45) is 0 Å². The van der Waals surface area contributed by atoms with Gasteiger partial charge in [-0.25, -0.2) is 0 Å². The molecule has 1 N–H and O–H groups in total. The zero-order valence-corrected chi connectivity index (χ0v) is 12.3. The van der Waals surface area contributed by atoms with Crippen molar-refractivity contribution in [2.45, 2.75) is 39.9 Å². The fraction of sp³-hybridized carbons (Fsp3) is 0.467. The van der Waals surface area contributed by atoms with E-state index in [2.05, 4.69) is 46.4 Å². The second kappa shape index (κ2) is 7.05. The molecule has 0 aliphatic rings. The lowest BCUT2D eigenvalue weighted by atomic mass is 10.2. The van der Waals surface area contributed by atoms with Gasteiger partial charge in [0, 0.05) is 12.6 Å². The summed E-state index contributed by atoms with van der Waals surface area (Å²) in [5.41, 5.74) is 1.23. The predicted molar refractivity (Wildman–Crippen MR) is 79.4 cm³/mol. The molecule has 1 aromatic carbocycles. The van der Waals surface area contributed by atoms with Crippen LogP contribution in [0.5, 0.6) is 0 Å². The number of hydrogen-bond donors (Lipinski definition) is 1. The summed E-state index contributed by atoms with van der Waals surface area (Å²) in [6.45, 7) is 8.55. The van der Waals surface area contributed by atoms with Crippen molar-refractivity contribution >= 4 is 6.01 Å². The maximum absolute atomic E-state index is 5.72. The van der Waals surface area contributed by atoms with Gasteiger partial charge in [0.25, 0.3) is 0 Å². The zero-order valence-electron chi connectivity index (χ0n) is 12.3. The molecule has 0 saturated carbocycles. The van der Waals surface area contributed by atoms with Crippen LogP contribution in [0.3, 0.4) is 0 Å². The highest BCUT2D eigenvalue weighted by molar-refractivity contribution is 5.29. The molecule has 2 aromatic rings. The Hall–Kier alpha value is -1.88. The average Bonchev–Trinajstić information content (AvgIpc) is 2.92. The molecule has 0 aliphatic heterocycles. The van der Waals surface area contributed by atoms with E-state index in [1.165, 1.54) is 5.56 Å². The third kappa shape index (κ3) is 3.81. The number of nitrogens with zero attached hydrogens (tertiary/aromatic N) is 3. The molecule has 2 rings (SSSR count). The van der Waals surface area contributed by atoms with Gasteiger partial charge in [-0.2, -0.15) is 0 Å². The van der Waals surface area contributed by atoms with E-state index >= 15 is 0 Å². The van der Waals surface area contributed by atoms with Gasteiger partial charge in [-0.05, 0) is 26.0 Å². The maximum atomic E-state index is 5.72. The van der Waals surface area contributed by atoms with E-state index in [4.69, 9.17) is 4.42 Å². The molecule has 0 aliphatic carbocycles. The average molecular weight is 274 g/mol. The van der Waals surface area contributed by atoms with E-state index in [9.17, 15) is 0 Å². The summed E-state index contributed by atoms with van der Waals surface area (Å²) in [7, 11) is 0. The highest BCUT2D eigenvalue weighted by Gasteiger charge is 2.17. The second-order valence-electron chi connectivity index (χ2n) is 4.97. The number of anilines is 1. The van der Waals surface area contributed by atoms with E-state index in [-0.39, 0.29) is 0 Å². The predicted octanol–water partition coefficient (Wildman–Crippen LogP) is 2.59. The first kappa shape index (κ1) is 14.5. The standard InChI is InChI=1S/C15H22N4O/c1-4-16-10-14-17-18-15(20-14)19(12(2)3)11-13-8-6-5-7-9-13/h5-9,12,16H,4,10-11H2,1-3H3. The Morgan fingerprint density at radius 2 is 1.95 bits per heavy atom. The van der Waals surface area contributed by atoms with Crippen molar-refractivity contribution in [3.05, 3.63) is 41.8 Å². The molecule has 0 spiro atoms. The van der Waals surface area contributed by atoms with Crippen molar-refractivity contribution in [1.29, 1.82) is 0 Å². The van der Waals surface area contributed by atoms with Gasteiger partial charge >= 0.3 is 6.01 Å². The van der Waals surface area contributed by atoms with Crippen LogP contribution < -0.4 is 10.2 Å². The van der Waals surface area contributed by atoms with Gasteiger partial charge in [0.1, 0.15) is 0 Å². The summed E-state index contributed by atoms with van der Waals surface area (Å²) >= 11 is 0. The fourth-order valence-corrected chi connectivity index (χ4v) is 1.92. The number of rotatable bonds is 7. The van der Waals surface area contributed by atoms with E-state index in [1.807, 2.05) is 25.1 Å². The molecule has 0 amide bonds. The lowest BCUT2D eigenvalue weighted by Crippen LogP contribution is -2.30. The third-order valence-electron chi connectivity index (χ3n) is 3.05. The molecule has 0 atom stereocenters. The fourth-order valence-electron chi connectivity index (χ4n) is 1.92. The lowest BCUT2D eigenvalue weighted by Gasteiger charge is -2.24. The third-order valence-corrected chi connectivity index (χ3v) is 3.05. The first-order valence-corrected chi connectivity index (χ1v) is 7.04. The minimum absolute atomic E-state index is 0.294. The topological polar surface area (TPSA) is 54.2 Å². The first-order valence-electron chi connectivity index (χ1n) is 7.04. The van der Waals surface area contributed by atoms with Crippen LogP contribution in [0.15, 0.2) is 34.7 Å². The molecule has 0 radical (unpaired) electrons. The molecule has 0 fully saturated rings. The van der Waals surface area contributed by atoms with Crippen LogP contribution >= 0.6 is 0 Å². The number of nitrogens with one attached hydrogen (secondary N) is 1. The number of hydrogen-bond acceptors (Lipinski definition) is 5. The molecule has 5 heteroatoms. The molecule has 0 unspecified atom stereocenters. The quantitative estimate of drug-likeness (QED) is 0.841. The Bertz CT molecular complexity index is 510. The van der Waals surface area contributed by atoms with E-state index in [0.29, 0.717) is 24.5 Å². The second-order valence-corrected chi connectivity index (χ2v) is 4.97. The van der Waals surface area contributed by atoms with Gasteiger partial charge in [-0.1, -0.05) is 42.4 Å². The highest BCUT2D eigenvalue weighted by Crippen LogP contribution is 2.18. The van der Waals surface area contributed by atoms with Gasteiger partial charge < -0.3 is 14.6 Å². The summed E-state index contributed by atoms with van der Waals surface area (Å²) < 4.78 is 5.72. The Labute approximate surface area is 120 Å². The molecular weight excluding hydrogens is 252 g/mol. The van der Waals surface area contributed by atoms with Crippen molar-refractivity contribution in [3.8, 4) is 0 Å². The van der Waals surface area contributed by atoms with E-state index in [1.54, 1.807) is 0 Å². The molecule has 1 heterocycles. The van der Waals surface area contributed by atoms with Crippen LogP contribution in [0.2, 0.25) is 0 Å². The Kier molecular flexibility index (Phi) is 5.12. The minimum Gasteiger partial charge on any atom is -0.407 e. The van der Waals surface area contributed by atoms with Gasteiger partial charge in [0.2, 0.25) is 5.89 Å². The Morgan fingerprint density at radius 1 is 1.20 bits per heavy atom. The van der Waals surface area contributed by atoms with Crippen molar-refractivity contribution < 1.29 is 4.42 Å². The normalized spacial score (nSPS) is 11.0. The van der Waals surface area contributed by atoms with Crippen molar-refractivity contribution in [3.63, 3.8) is 0 Å². The van der Waals surface area contributed by atoms with Crippen LogP contribution in [0.25, 0.3) is 0 Å². The summed E-state index contributed by atoms with van der Waals surface area (Å²) in [6, 6.07) is 11.2. The van der Waals surface area contributed by atoms with Crippen LogP contribution in [0, 0.1) is 0 Å². The Morgan fingerprint density at radius 3 is 2.60 bits per heavy atom. The summed E-state index contributed by atoms with van der Waals surface area (Å²) in [6.07, 6.45) is 0. The van der Waals surface area contributed by atoms with Gasteiger partial charge in [-0.3, -0.25) is 0 Å². The molecule has 0 saturated heterocycles. The summed E-state index contributed by atoms with van der Waals surface area (Å²) in [5.74, 6) is 0.626. The lowest BCUT2D eigenvalue weighted by molar-refractivity contribution is 0.453. The van der Waals surface area contributed by atoms with Gasteiger partial charge in [0.05, 0.1) is 6.54 Å². The monoisotopic (exact) mass is 274 g/mol. The van der Waals surface area contributed by atoms with Crippen LogP contribution in [0.1, 0.15) is 32.2 Å². The molecule has 5 nitrogen and oxygen atoms in total. The van der Waals surface area contributed by atoms with Crippen molar-refractivity contribution in [2.75, 3.05) is 11.4 Å². The SMILES string of the molecule is CCNCc1nnc(N(Cc2ccccc2)C(C)C)o1.